The normalized spacial score (nSPS) is 10.4. The van der Waals surface area contributed by atoms with Crippen LogP contribution in [0, 0.1) is 0 Å². The summed E-state index contributed by atoms with van der Waals surface area (Å²) in [6.45, 7) is 0.375. The fourth-order valence-corrected chi connectivity index (χ4v) is 3.20. The van der Waals surface area contributed by atoms with E-state index in [0.717, 1.165) is 16.3 Å². The number of benzene rings is 2. The first kappa shape index (κ1) is 16.5. The van der Waals surface area contributed by atoms with Gasteiger partial charge in [-0.25, -0.2) is 4.98 Å². The molecule has 0 fully saturated rings. The van der Waals surface area contributed by atoms with Gasteiger partial charge < -0.3 is 10.1 Å². The second-order valence-electron chi connectivity index (χ2n) is 5.02. The fourth-order valence-electron chi connectivity index (χ4n) is 2.20. The summed E-state index contributed by atoms with van der Waals surface area (Å²) >= 11 is 7.57. The molecule has 0 saturated heterocycles. The molecule has 3 rings (SSSR count). The number of hydrogen-bond donors (Lipinski definition) is 1. The monoisotopic (exact) mass is 358 g/mol. The van der Waals surface area contributed by atoms with E-state index in [2.05, 4.69) is 10.3 Å². The minimum Gasteiger partial charge on any atom is -0.495 e. The van der Waals surface area contributed by atoms with Crippen molar-refractivity contribution in [2.75, 3.05) is 7.11 Å². The first-order valence-corrected chi connectivity index (χ1v) is 8.54. The third kappa shape index (κ3) is 3.75. The molecule has 3 aromatic rings. The highest BCUT2D eigenvalue weighted by atomic mass is 35.5. The van der Waals surface area contributed by atoms with Gasteiger partial charge in [-0.15, -0.1) is 11.3 Å². The highest BCUT2D eigenvalue weighted by molar-refractivity contribution is 7.09. The lowest BCUT2D eigenvalue weighted by Gasteiger charge is -2.06. The van der Waals surface area contributed by atoms with Crippen LogP contribution >= 0.6 is 22.9 Å². The molecule has 1 amide bonds. The van der Waals surface area contributed by atoms with Gasteiger partial charge in [0.1, 0.15) is 10.8 Å². The van der Waals surface area contributed by atoms with Crippen molar-refractivity contribution in [3.63, 3.8) is 0 Å². The Balaban J connectivity index is 1.65. The Kier molecular flexibility index (Phi) is 5.13. The molecule has 0 unspecified atom stereocenters. The SMILES string of the molecule is COc1ccc(C(=O)NCc2nc(-c3ccccc3)cs2)cc1Cl. The molecule has 122 valence electrons. The van der Waals surface area contributed by atoms with Gasteiger partial charge in [-0.2, -0.15) is 0 Å². The van der Waals surface area contributed by atoms with Gasteiger partial charge in [-0.1, -0.05) is 41.9 Å². The van der Waals surface area contributed by atoms with E-state index in [9.17, 15) is 4.79 Å². The van der Waals surface area contributed by atoms with Crippen LogP contribution in [0.4, 0.5) is 0 Å². The highest BCUT2D eigenvalue weighted by Gasteiger charge is 2.10. The second-order valence-corrected chi connectivity index (χ2v) is 6.37. The minimum absolute atomic E-state index is 0.198. The number of methoxy groups -OCH3 is 1. The topological polar surface area (TPSA) is 51.2 Å². The van der Waals surface area contributed by atoms with Crippen molar-refractivity contribution in [3.8, 4) is 17.0 Å². The van der Waals surface area contributed by atoms with Gasteiger partial charge in [-0.05, 0) is 18.2 Å². The van der Waals surface area contributed by atoms with Crippen molar-refractivity contribution in [3.05, 3.63) is 69.5 Å². The van der Waals surface area contributed by atoms with Gasteiger partial charge in [-0.3, -0.25) is 4.79 Å². The number of thiazole rings is 1. The van der Waals surface area contributed by atoms with E-state index >= 15 is 0 Å². The molecule has 1 aromatic heterocycles. The Morgan fingerprint density at radius 3 is 2.75 bits per heavy atom. The zero-order valence-electron chi connectivity index (χ0n) is 13.0. The maximum atomic E-state index is 12.2. The Labute approximate surface area is 149 Å². The Morgan fingerprint density at radius 2 is 2.04 bits per heavy atom. The average molecular weight is 359 g/mol. The van der Waals surface area contributed by atoms with E-state index in [0.29, 0.717) is 22.9 Å². The molecule has 1 N–H and O–H groups in total. The first-order chi connectivity index (χ1) is 11.7. The first-order valence-electron chi connectivity index (χ1n) is 7.29. The second kappa shape index (κ2) is 7.47. The number of aromatic nitrogens is 1. The smallest absolute Gasteiger partial charge is 0.251 e. The molecule has 0 bridgehead atoms. The van der Waals surface area contributed by atoms with E-state index in [1.165, 1.54) is 18.4 Å². The van der Waals surface area contributed by atoms with E-state index in [-0.39, 0.29) is 5.91 Å². The summed E-state index contributed by atoms with van der Waals surface area (Å²) < 4.78 is 5.08. The number of nitrogens with one attached hydrogen (secondary N) is 1. The van der Waals surface area contributed by atoms with Gasteiger partial charge in [0.25, 0.3) is 5.91 Å². The van der Waals surface area contributed by atoms with Crippen LogP contribution < -0.4 is 10.1 Å². The molecule has 0 aliphatic rings. The number of nitrogens with zero attached hydrogens (tertiary/aromatic N) is 1. The van der Waals surface area contributed by atoms with Crippen LogP contribution in [0.1, 0.15) is 15.4 Å². The number of halogens is 1. The molecule has 1 heterocycles. The molecular formula is C18H15ClN2O2S. The predicted octanol–water partition coefficient (Wildman–Crippen LogP) is 4.40. The summed E-state index contributed by atoms with van der Waals surface area (Å²) in [5.41, 5.74) is 2.46. The van der Waals surface area contributed by atoms with E-state index in [4.69, 9.17) is 16.3 Å². The lowest BCUT2D eigenvalue weighted by Crippen LogP contribution is -2.22. The molecule has 0 aliphatic carbocycles. The summed E-state index contributed by atoms with van der Waals surface area (Å²) in [6.07, 6.45) is 0. The van der Waals surface area contributed by atoms with Crippen molar-refractivity contribution < 1.29 is 9.53 Å². The summed E-state index contributed by atoms with van der Waals surface area (Å²) in [7, 11) is 1.54. The van der Waals surface area contributed by atoms with Crippen molar-refractivity contribution in [2.45, 2.75) is 6.54 Å². The number of ether oxygens (including phenoxy) is 1. The van der Waals surface area contributed by atoms with Crippen molar-refractivity contribution in [2.24, 2.45) is 0 Å². The van der Waals surface area contributed by atoms with Crippen LogP contribution in [-0.2, 0) is 6.54 Å². The summed E-state index contributed by atoms with van der Waals surface area (Å²) in [4.78, 5) is 16.8. The summed E-state index contributed by atoms with van der Waals surface area (Å²) in [6, 6.07) is 14.9. The Morgan fingerprint density at radius 1 is 1.25 bits per heavy atom. The summed E-state index contributed by atoms with van der Waals surface area (Å²) in [5.74, 6) is 0.344. The van der Waals surface area contributed by atoms with Crippen LogP contribution in [-0.4, -0.2) is 18.0 Å². The highest BCUT2D eigenvalue weighted by Crippen LogP contribution is 2.25. The lowest BCUT2D eigenvalue weighted by molar-refractivity contribution is 0.0951. The van der Waals surface area contributed by atoms with Gasteiger partial charge in [0.2, 0.25) is 0 Å². The van der Waals surface area contributed by atoms with Gasteiger partial charge >= 0.3 is 0 Å². The molecule has 2 aromatic carbocycles. The number of carbonyl (C=O) groups is 1. The number of hydrogen-bond acceptors (Lipinski definition) is 4. The molecule has 0 saturated carbocycles. The van der Waals surface area contributed by atoms with Crippen LogP contribution in [0.15, 0.2) is 53.9 Å². The molecule has 0 aliphatic heterocycles. The van der Waals surface area contributed by atoms with Crippen molar-refractivity contribution in [1.29, 1.82) is 0 Å². The maximum Gasteiger partial charge on any atom is 0.251 e. The molecule has 0 atom stereocenters. The van der Waals surface area contributed by atoms with E-state index in [1.807, 2.05) is 35.7 Å². The zero-order chi connectivity index (χ0) is 16.9. The zero-order valence-corrected chi connectivity index (χ0v) is 14.5. The van der Waals surface area contributed by atoms with Gasteiger partial charge in [0.15, 0.2) is 0 Å². The number of carbonyl (C=O) groups excluding carboxylic acids is 1. The average Bonchev–Trinajstić information content (AvgIpc) is 3.09. The standard InChI is InChI=1S/C18H15ClN2O2S/c1-23-16-8-7-13(9-14(16)19)18(22)20-10-17-21-15(11-24-17)12-5-3-2-4-6-12/h2-9,11H,10H2,1H3,(H,20,22). The Hall–Kier alpha value is -2.37. The minimum atomic E-state index is -0.198. The van der Waals surface area contributed by atoms with Crippen LogP contribution in [0.3, 0.4) is 0 Å². The van der Waals surface area contributed by atoms with Gasteiger partial charge in [0.05, 0.1) is 24.4 Å². The third-order valence-corrected chi connectivity index (χ3v) is 4.58. The molecule has 0 radical (unpaired) electrons. The fraction of sp³-hybridized carbons (Fsp3) is 0.111. The largest absolute Gasteiger partial charge is 0.495 e. The molecule has 0 spiro atoms. The van der Waals surface area contributed by atoms with Crippen LogP contribution in [0.2, 0.25) is 5.02 Å². The van der Waals surface area contributed by atoms with Crippen LogP contribution in [0.5, 0.6) is 5.75 Å². The van der Waals surface area contributed by atoms with Gasteiger partial charge in [0, 0.05) is 16.5 Å². The van der Waals surface area contributed by atoms with E-state index < -0.39 is 0 Å². The molecule has 4 nitrogen and oxygen atoms in total. The summed E-state index contributed by atoms with van der Waals surface area (Å²) in [5, 5.41) is 6.10. The van der Waals surface area contributed by atoms with E-state index in [1.54, 1.807) is 18.2 Å². The lowest BCUT2D eigenvalue weighted by atomic mass is 10.2. The molecule has 24 heavy (non-hydrogen) atoms. The van der Waals surface area contributed by atoms with Crippen molar-refractivity contribution in [1.82, 2.24) is 10.3 Å². The third-order valence-electron chi connectivity index (χ3n) is 3.44. The molecule has 6 heteroatoms. The van der Waals surface area contributed by atoms with Crippen LogP contribution in [0.25, 0.3) is 11.3 Å². The number of rotatable bonds is 5. The quantitative estimate of drug-likeness (QED) is 0.735. The number of amides is 1. The van der Waals surface area contributed by atoms with Crippen molar-refractivity contribution >= 4 is 28.8 Å². The Bertz CT molecular complexity index is 849. The maximum absolute atomic E-state index is 12.2. The predicted molar refractivity (Wildman–Crippen MR) is 96.7 cm³/mol. The molecular weight excluding hydrogens is 344 g/mol.